The Hall–Kier alpha value is -2.83. The van der Waals surface area contributed by atoms with Crippen molar-refractivity contribution in [2.24, 2.45) is 0 Å². The number of carbonyl (C=O) groups is 1. The van der Waals surface area contributed by atoms with Crippen molar-refractivity contribution < 1.29 is 19.2 Å². The minimum atomic E-state index is -0.0170. The maximum atomic E-state index is 12.6. The molecule has 1 aliphatic heterocycles. The number of hydrogen-bond donors (Lipinski definition) is 2. The van der Waals surface area contributed by atoms with Crippen LogP contribution in [0.15, 0.2) is 60.0 Å². The smallest absolute Gasteiger partial charge is 0.261 e. The summed E-state index contributed by atoms with van der Waals surface area (Å²) in [4.78, 5) is 14.8. The van der Waals surface area contributed by atoms with Gasteiger partial charge in [-0.3, -0.25) is 4.79 Å². The summed E-state index contributed by atoms with van der Waals surface area (Å²) >= 11 is 1.46. The fraction of sp³-hybridized carbons (Fsp3) is 0.292. The van der Waals surface area contributed by atoms with Crippen molar-refractivity contribution >= 4 is 17.2 Å². The van der Waals surface area contributed by atoms with Crippen molar-refractivity contribution in [1.29, 1.82) is 0 Å². The Morgan fingerprint density at radius 2 is 1.87 bits per heavy atom. The average molecular weight is 424 g/mol. The molecule has 2 N–H and O–H groups in total. The van der Waals surface area contributed by atoms with E-state index in [9.17, 15) is 4.79 Å². The van der Waals surface area contributed by atoms with Crippen molar-refractivity contribution in [2.45, 2.75) is 19.0 Å². The van der Waals surface area contributed by atoms with E-state index in [0.29, 0.717) is 6.54 Å². The zero-order valence-electron chi connectivity index (χ0n) is 17.3. The number of amides is 1. The Balaban J connectivity index is 1.63. The van der Waals surface area contributed by atoms with Gasteiger partial charge >= 0.3 is 0 Å². The number of fused-ring (bicyclic) bond motifs is 1. The molecule has 1 aromatic heterocycles. The summed E-state index contributed by atoms with van der Waals surface area (Å²) in [6.45, 7) is 2.48. The third-order valence-corrected chi connectivity index (χ3v) is 6.58. The van der Waals surface area contributed by atoms with Crippen LogP contribution in [0, 0.1) is 0 Å². The molecule has 1 amide bonds. The van der Waals surface area contributed by atoms with Crippen molar-refractivity contribution in [3.05, 3.63) is 81.5 Å². The van der Waals surface area contributed by atoms with Crippen LogP contribution in [0.5, 0.6) is 11.5 Å². The normalized spacial score (nSPS) is 17.8. The number of benzene rings is 2. The summed E-state index contributed by atoms with van der Waals surface area (Å²) in [5, 5.41) is 5.08. The molecule has 2 heterocycles. The van der Waals surface area contributed by atoms with Gasteiger partial charge in [-0.2, -0.15) is 0 Å². The predicted molar refractivity (Wildman–Crippen MR) is 119 cm³/mol. The number of rotatable bonds is 7. The van der Waals surface area contributed by atoms with E-state index in [-0.39, 0.29) is 11.9 Å². The summed E-state index contributed by atoms with van der Waals surface area (Å²) < 4.78 is 11.1. The number of methoxy groups -OCH3 is 2. The summed E-state index contributed by atoms with van der Waals surface area (Å²) in [5.74, 6) is 1.47. The second-order valence-electron chi connectivity index (χ2n) is 7.47. The molecule has 0 radical (unpaired) electrons. The fourth-order valence-electron chi connectivity index (χ4n) is 4.18. The number of nitrogens with one attached hydrogen (secondary N) is 2. The van der Waals surface area contributed by atoms with Crippen LogP contribution < -0.4 is 19.7 Å². The SMILES string of the molecule is COc1cc2c(cc1OC)[C@@H](CNC(=O)c1cccs1)[NH+](Cc1ccccc1)CC2. The van der Waals surface area contributed by atoms with Gasteiger partial charge in [0, 0.05) is 17.5 Å². The van der Waals surface area contributed by atoms with E-state index in [0.717, 1.165) is 35.9 Å². The standard InChI is InChI=1S/C24H26N2O3S/c1-28-21-13-18-10-11-26(16-17-7-4-3-5-8-17)20(19(18)14-22(21)29-2)15-25-24(27)23-9-6-12-30-23/h3-9,12-14,20H,10-11,15-16H2,1-2H3,(H,25,27)/p+1/t20-/m1/s1. The largest absolute Gasteiger partial charge is 0.493 e. The van der Waals surface area contributed by atoms with Gasteiger partial charge in [-0.25, -0.2) is 0 Å². The Morgan fingerprint density at radius 1 is 1.10 bits per heavy atom. The monoisotopic (exact) mass is 423 g/mol. The molecule has 4 rings (SSSR count). The van der Waals surface area contributed by atoms with Crippen LogP contribution in [0.2, 0.25) is 0 Å². The van der Waals surface area contributed by atoms with Gasteiger partial charge in [0.15, 0.2) is 11.5 Å². The molecule has 0 aliphatic carbocycles. The minimum absolute atomic E-state index is 0.0170. The van der Waals surface area contributed by atoms with E-state index in [1.165, 1.54) is 32.9 Å². The molecule has 0 spiro atoms. The van der Waals surface area contributed by atoms with Crippen LogP contribution >= 0.6 is 11.3 Å². The summed E-state index contributed by atoms with van der Waals surface area (Å²) in [6.07, 6.45) is 0.966. The van der Waals surface area contributed by atoms with Crippen molar-refractivity contribution in [3.63, 3.8) is 0 Å². The maximum absolute atomic E-state index is 12.6. The molecule has 3 aromatic rings. The van der Waals surface area contributed by atoms with Crippen LogP contribution in [0.1, 0.15) is 32.4 Å². The van der Waals surface area contributed by atoms with E-state index in [2.05, 4.69) is 41.7 Å². The second-order valence-corrected chi connectivity index (χ2v) is 8.41. The van der Waals surface area contributed by atoms with Gasteiger partial charge in [-0.1, -0.05) is 36.4 Å². The van der Waals surface area contributed by atoms with E-state index < -0.39 is 0 Å². The molecular formula is C24H27N2O3S+. The highest BCUT2D eigenvalue weighted by Gasteiger charge is 2.33. The van der Waals surface area contributed by atoms with E-state index >= 15 is 0 Å². The van der Waals surface area contributed by atoms with Gasteiger partial charge in [0.2, 0.25) is 0 Å². The summed E-state index contributed by atoms with van der Waals surface area (Å²) in [5.41, 5.74) is 3.78. The highest BCUT2D eigenvalue weighted by atomic mass is 32.1. The molecule has 0 saturated carbocycles. The third kappa shape index (κ3) is 4.35. The van der Waals surface area contributed by atoms with Gasteiger partial charge in [-0.15, -0.1) is 11.3 Å². The molecule has 2 atom stereocenters. The van der Waals surface area contributed by atoms with Gasteiger partial charge in [0.05, 0.1) is 32.2 Å². The molecule has 156 valence electrons. The zero-order chi connectivity index (χ0) is 20.9. The second kappa shape index (κ2) is 9.32. The lowest BCUT2D eigenvalue weighted by molar-refractivity contribution is -0.945. The van der Waals surface area contributed by atoms with E-state index in [1.54, 1.807) is 14.2 Å². The van der Waals surface area contributed by atoms with Crippen molar-refractivity contribution in [3.8, 4) is 11.5 Å². The first-order valence-corrected chi connectivity index (χ1v) is 11.0. The lowest BCUT2D eigenvalue weighted by Crippen LogP contribution is -3.12. The lowest BCUT2D eigenvalue weighted by atomic mass is 9.91. The lowest BCUT2D eigenvalue weighted by Gasteiger charge is -2.35. The highest BCUT2D eigenvalue weighted by molar-refractivity contribution is 7.12. The number of hydrogen-bond acceptors (Lipinski definition) is 4. The van der Waals surface area contributed by atoms with Gasteiger partial charge in [0.25, 0.3) is 5.91 Å². The van der Waals surface area contributed by atoms with Crippen LogP contribution in [0.4, 0.5) is 0 Å². The molecule has 0 fully saturated rings. The fourth-order valence-corrected chi connectivity index (χ4v) is 4.82. The van der Waals surface area contributed by atoms with Crippen LogP contribution in [-0.2, 0) is 13.0 Å². The topological polar surface area (TPSA) is 52.0 Å². The van der Waals surface area contributed by atoms with Crippen LogP contribution in [0.3, 0.4) is 0 Å². The first-order chi connectivity index (χ1) is 14.7. The Labute approximate surface area is 181 Å². The maximum Gasteiger partial charge on any atom is 0.261 e. The summed E-state index contributed by atoms with van der Waals surface area (Å²) in [6, 6.07) is 18.6. The first kappa shape index (κ1) is 20.4. The van der Waals surface area contributed by atoms with Crippen LogP contribution in [0.25, 0.3) is 0 Å². The molecule has 6 heteroatoms. The molecule has 5 nitrogen and oxygen atoms in total. The van der Waals surface area contributed by atoms with E-state index in [4.69, 9.17) is 9.47 Å². The predicted octanol–water partition coefficient (Wildman–Crippen LogP) is 2.88. The van der Waals surface area contributed by atoms with Gasteiger partial charge in [-0.05, 0) is 29.1 Å². The minimum Gasteiger partial charge on any atom is -0.493 e. The molecule has 30 heavy (non-hydrogen) atoms. The van der Waals surface area contributed by atoms with Gasteiger partial charge in [0.1, 0.15) is 12.6 Å². The third-order valence-electron chi connectivity index (χ3n) is 5.71. The highest BCUT2D eigenvalue weighted by Crippen LogP contribution is 2.34. The number of carbonyl (C=O) groups excluding carboxylic acids is 1. The Bertz CT molecular complexity index is 989. The number of ether oxygens (including phenoxy) is 2. The Morgan fingerprint density at radius 3 is 2.57 bits per heavy atom. The number of thiophene rings is 1. The van der Waals surface area contributed by atoms with Crippen LogP contribution in [-0.4, -0.2) is 33.2 Å². The molecular weight excluding hydrogens is 396 g/mol. The molecule has 0 saturated heterocycles. The van der Waals surface area contributed by atoms with E-state index in [1.807, 2.05) is 23.6 Å². The van der Waals surface area contributed by atoms with Crippen molar-refractivity contribution in [2.75, 3.05) is 27.3 Å². The molecule has 2 aromatic carbocycles. The Kier molecular flexibility index (Phi) is 6.35. The molecule has 0 bridgehead atoms. The van der Waals surface area contributed by atoms with Crippen molar-refractivity contribution in [1.82, 2.24) is 5.32 Å². The average Bonchev–Trinajstić information content (AvgIpc) is 3.33. The van der Waals surface area contributed by atoms with Gasteiger partial charge < -0.3 is 19.7 Å². The first-order valence-electron chi connectivity index (χ1n) is 10.1. The molecule has 1 unspecified atom stereocenters. The zero-order valence-corrected chi connectivity index (χ0v) is 18.1. The number of quaternary nitrogens is 1. The summed E-state index contributed by atoms with van der Waals surface area (Å²) in [7, 11) is 3.33. The quantitative estimate of drug-likeness (QED) is 0.615. The molecule has 1 aliphatic rings.